The molecule has 0 unspecified atom stereocenters. The molecular weight excluding hydrogens is 431 g/mol. The molecule has 3 heterocycles. The number of hydrogen-bond donors (Lipinski definition) is 1. The molecule has 1 atom stereocenters. The Morgan fingerprint density at radius 2 is 1.76 bits per heavy atom. The molecule has 0 radical (unpaired) electrons. The van der Waals surface area contributed by atoms with Crippen molar-refractivity contribution in [2.75, 3.05) is 29.4 Å². The summed E-state index contributed by atoms with van der Waals surface area (Å²) in [5, 5.41) is 19.4. The standard InChI is InChI=1S/C26H33FN6O/c1-16-15-32(11-12-33(16)25-28-14-22(19(4)29-25)26(5,6)34)24-18(3)17(2)23(30-31-24)13-20-7-9-21(27)10-8-20/h7-10,14,16,34H,11-13,15H2,1-6H3/t16-/m1/s1. The molecule has 7 nitrogen and oxygen atoms in total. The molecule has 0 aliphatic carbocycles. The second kappa shape index (κ2) is 9.25. The van der Waals surface area contributed by atoms with Gasteiger partial charge in [-0.2, -0.15) is 5.10 Å². The summed E-state index contributed by atoms with van der Waals surface area (Å²) >= 11 is 0. The number of benzene rings is 1. The first-order valence-electron chi connectivity index (χ1n) is 11.7. The van der Waals surface area contributed by atoms with E-state index in [4.69, 9.17) is 0 Å². The van der Waals surface area contributed by atoms with E-state index in [9.17, 15) is 9.50 Å². The maximum absolute atomic E-state index is 13.2. The van der Waals surface area contributed by atoms with Gasteiger partial charge in [-0.05, 0) is 70.4 Å². The lowest BCUT2D eigenvalue weighted by Crippen LogP contribution is -2.53. The fraction of sp³-hybridized carbons (Fsp3) is 0.462. The summed E-state index contributed by atoms with van der Waals surface area (Å²) in [6, 6.07) is 6.71. The lowest BCUT2D eigenvalue weighted by molar-refractivity contribution is 0.0771. The number of aromatic nitrogens is 4. The van der Waals surface area contributed by atoms with Gasteiger partial charge in [0.25, 0.3) is 0 Å². The Kier molecular flexibility index (Phi) is 6.53. The van der Waals surface area contributed by atoms with Gasteiger partial charge in [0.2, 0.25) is 5.95 Å². The number of piperazine rings is 1. The minimum absolute atomic E-state index is 0.182. The van der Waals surface area contributed by atoms with E-state index in [1.807, 2.05) is 6.92 Å². The van der Waals surface area contributed by atoms with Crippen LogP contribution in [0, 0.1) is 26.6 Å². The molecule has 1 aromatic carbocycles. The monoisotopic (exact) mass is 464 g/mol. The van der Waals surface area contributed by atoms with Crippen LogP contribution in [-0.2, 0) is 12.0 Å². The van der Waals surface area contributed by atoms with Crippen molar-refractivity contribution >= 4 is 11.8 Å². The van der Waals surface area contributed by atoms with Crippen LogP contribution in [0.15, 0.2) is 30.5 Å². The van der Waals surface area contributed by atoms with E-state index in [0.29, 0.717) is 12.4 Å². The van der Waals surface area contributed by atoms with Gasteiger partial charge in [0, 0.05) is 49.6 Å². The summed E-state index contributed by atoms with van der Waals surface area (Å²) in [5.74, 6) is 1.35. The van der Waals surface area contributed by atoms with Crippen molar-refractivity contribution < 1.29 is 9.50 Å². The van der Waals surface area contributed by atoms with E-state index in [1.165, 1.54) is 12.1 Å². The third-order valence-corrected chi connectivity index (χ3v) is 6.69. The zero-order chi connectivity index (χ0) is 24.6. The molecule has 1 aliphatic rings. The third-order valence-electron chi connectivity index (χ3n) is 6.69. The second-order valence-corrected chi connectivity index (χ2v) is 9.74. The molecule has 1 N–H and O–H groups in total. The molecule has 0 spiro atoms. The normalized spacial score (nSPS) is 16.8. The molecule has 0 bridgehead atoms. The Morgan fingerprint density at radius 1 is 1.06 bits per heavy atom. The predicted octanol–water partition coefficient (Wildman–Crippen LogP) is 3.86. The summed E-state index contributed by atoms with van der Waals surface area (Å²) < 4.78 is 13.2. The van der Waals surface area contributed by atoms with Crippen LogP contribution in [0.1, 0.15) is 54.4 Å². The van der Waals surface area contributed by atoms with Crippen LogP contribution in [-0.4, -0.2) is 50.9 Å². The molecule has 1 fully saturated rings. The van der Waals surface area contributed by atoms with Gasteiger partial charge < -0.3 is 14.9 Å². The lowest BCUT2D eigenvalue weighted by atomic mass is 9.99. The number of hydrogen-bond acceptors (Lipinski definition) is 7. The summed E-state index contributed by atoms with van der Waals surface area (Å²) in [5.41, 5.74) is 4.73. The zero-order valence-electron chi connectivity index (χ0n) is 20.8. The Labute approximate surface area is 200 Å². The Morgan fingerprint density at radius 3 is 2.38 bits per heavy atom. The second-order valence-electron chi connectivity index (χ2n) is 9.74. The van der Waals surface area contributed by atoms with E-state index >= 15 is 0 Å². The first-order valence-corrected chi connectivity index (χ1v) is 11.7. The molecule has 34 heavy (non-hydrogen) atoms. The van der Waals surface area contributed by atoms with Crippen LogP contribution >= 0.6 is 0 Å². The Bertz CT molecular complexity index is 1180. The number of rotatable bonds is 5. The highest BCUT2D eigenvalue weighted by molar-refractivity contribution is 5.52. The van der Waals surface area contributed by atoms with Gasteiger partial charge in [0.05, 0.1) is 11.3 Å². The van der Waals surface area contributed by atoms with Gasteiger partial charge >= 0.3 is 0 Å². The summed E-state index contributed by atoms with van der Waals surface area (Å²) in [6.45, 7) is 14.1. The highest BCUT2D eigenvalue weighted by Crippen LogP contribution is 2.28. The van der Waals surface area contributed by atoms with Gasteiger partial charge in [-0.3, -0.25) is 0 Å². The average Bonchev–Trinajstić information content (AvgIpc) is 2.77. The zero-order valence-corrected chi connectivity index (χ0v) is 20.8. The molecule has 8 heteroatoms. The predicted molar refractivity (Wildman–Crippen MR) is 132 cm³/mol. The summed E-state index contributed by atoms with van der Waals surface area (Å²) in [6.07, 6.45) is 2.36. The topological polar surface area (TPSA) is 78.3 Å². The van der Waals surface area contributed by atoms with E-state index < -0.39 is 5.60 Å². The van der Waals surface area contributed by atoms with Gasteiger partial charge in [0.1, 0.15) is 5.82 Å². The van der Waals surface area contributed by atoms with Crippen LogP contribution in [0.2, 0.25) is 0 Å². The number of halogens is 1. The van der Waals surface area contributed by atoms with Crippen molar-refractivity contribution in [3.05, 3.63) is 69.9 Å². The molecule has 0 saturated carbocycles. The molecule has 1 aliphatic heterocycles. The summed E-state index contributed by atoms with van der Waals surface area (Å²) in [7, 11) is 0. The number of aliphatic hydroxyl groups is 1. The van der Waals surface area contributed by atoms with Crippen LogP contribution in [0.3, 0.4) is 0 Å². The first kappa shape index (κ1) is 24.0. The molecule has 0 amide bonds. The van der Waals surface area contributed by atoms with Gasteiger partial charge in [-0.1, -0.05) is 12.1 Å². The van der Waals surface area contributed by atoms with Crippen LogP contribution in [0.4, 0.5) is 16.2 Å². The van der Waals surface area contributed by atoms with E-state index in [1.54, 1.807) is 32.2 Å². The van der Waals surface area contributed by atoms with E-state index in [2.05, 4.69) is 50.7 Å². The van der Waals surface area contributed by atoms with E-state index in [-0.39, 0.29) is 11.9 Å². The van der Waals surface area contributed by atoms with Crippen molar-refractivity contribution in [1.29, 1.82) is 0 Å². The largest absolute Gasteiger partial charge is 0.386 e. The SMILES string of the molecule is Cc1nc(N2CCN(c3nnc(Cc4ccc(F)cc4)c(C)c3C)C[C@H]2C)ncc1C(C)(C)O. The van der Waals surface area contributed by atoms with Crippen molar-refractivity contribution in [2.45, 2.75) is 59.6 Å². The van der Waals surface area contributed by atoms with Crippen LogP contribution in [0.25, 0.3) is 0 Å². The Balaban J connectivity index is 1.49. The number of anilines is 2. The number of aryl methyl sites for hydroxylation is 1. The minimum Gasteiger partial charge on any atom is -0.386 e. The van der Waals surface area contributed by atoms with Gasteiger partial charge in [-0.15, -0.1) is 5.10 Å². The van der Waals surface area contributed by atoms with Crippen molar-refractivity contribution in [3.63, 3.8) is 0 Å². The Hall–Kier alpha value is -3.13. The highest BCUT2D eigenvalue weighted by Gasteiger charge is 2.29. The van der Waals surface area contributed by atoms with Gasteiger partial charge in [-0.25, -0.2) is 14.4 Å². The first-order chi connectivity index (χ1) is 16.0. The van der Waals surface area contributed by atoms with Crippen molar-refractivity contribution in [1.82, 2.24) is 20.2 Å². The number of nitrogens with zero attached hydrogens (tertiary/aromatic N) is 6. The molecule has 180 valence electrons. The highest BCUT2D eigenvalue weighted by atomic mass is 19.1. The maximum atomic E-state index is 13.2. The third kappa shape index (κ3) is 4.87. The maximum Gasteiger partial charge on any atom is 0.225 e. The molecular formula is C26H33FN6O. The van der Waals surface area contributed by atoms with Crippen molar-refractivity contribution in [2.24, 2.45) is 0 Å². The van der Waals surface area contributed by atoms with Crippen LogP contribution in [0.5, 0.6) is 0 Å². The van der Waals surface area contributed by atoms with Crippen LogP contribution < -0.4 is 9.80 Å². The smallest absolute Gasteiger partial charge is 0.225 e. The van der Waals surface area contributed by atoms with E-state index in [0.717, 1.165) is 59.1 Å². The fourth-order valence-corrected chi connectivity index (χ4v) is 4.55. The van der Waals surface area contributed by atoms with Gasteiger partial charge in [0.15, 0.2) is 5.82 Å². The summed E-state index contributed by atoms with van der Waals surface area (Å²) in [4.78, 5) is 13.7. The van der Waals surface area contributed by atoms with Crippen molar-refractivity contribution in [3.8, 4) is 0 Å². The molecule has 3 aromatic rings. The quantitative estimate of drug-likeness (QED) is 0.614. The minimum atomic E-state index is -0.968. The molecule has 4 rings (SSSR count). The molecule has 2 aromatic heterocycles. The fourth-order valence-electron chi connectivity index (χ4n) is 4.55. The average molecular weight is 465 g/mol. The lowest BCUT2D eigenvalue weighted by Gasteiger charge is -2.41. The molecule has 1 saturated heterocycles.